The van der Waals surface area contributed by atoms with Crippen molar-refractivity contribution in [3.8, 4) is 5.88 Å². The molecule has 24 heavy (non-hydrogen) atoms. The van der Waals surface area contributed by atoms with Crippen LogP contribution in [0, 0.1) is 0 Å². The molecule has 4 rings (SSSR count). The van der Waals surface area contributed by atoms with E-state index < -0.39 is 0 Å². The Morgan fingerprint density at radius 2 is 1.88 bits per heavy atom. The smallest absolute Gasteiger partial charge is 0.312 e. The maximum Gasteiger partial charge on any atom is 0.312 e. The molecule has 5 nitrogen and oxygen atoms in total. The van der Waals surface area contributed by atoms with Crippen LogP contribution in [0.1, 0.15) is 5.56 Å². The zero-order valence-corrected chi connectivity index (χ0v) is 14.0. The summed E-state index contributed by atoms with van der Waals surface area (Å²) in [6, 6.07) is 15.0. The lowest BCUT2D eigenvalue weighted by atomic mass is 10.2. The average molecular weight is 355 g/mol. The van der Waals surface area contributed by atoms with Crippen LogP contribution < -0.4 is 9.62 Å². The highest BCUT2D eigenvalue weighted by atomic mass is 35.5. The Labute approximate surface area is 147 Å². The maximum atomic E-state index is 12.4. The number of aromatic nitrogens is 4. The summed E-state index contributed by atoms with van der Waals surface area (Å²) in [6.45, 7) is 0. The number of para-hydroxylation sites is 1. The lowest BCUT2D eigenvalue weighted by molar-refractivity contribution is -0.591. The summed E-state index contributed by atoms with van der Waals surface area (Å²) in [5.41, 5.74) is 2.28. The highest BCUT2D eigenvalue weighted by Gasteiger charge is 2.13. The van der Waals surface area contributed by atoms with Crippen LogP contribution in [0.3, 0.4) is 0 Å². The molecule has 0 unspecified atom stereocenters. The largest absolute Gasteiger partial charge is 0.856 e. The Kier molecular flexibility index (Phi) is 3.92. The lowest BCUT2D eigenvalue weighted by Gasteiger charge is -2.08. The predicted molar refractivity (Wildman–Crippen MR) is 91.0 cm³/mol. The third-order valence-electron chi connectivity index (χ3n) is 3.57. The highest BCUT2D eigenvalue weighted by Crippen LogP contribution is 2.23. The van der Waals surface area contributed by atoms with Gasteiger partial charge in [0.05, 0.1) is 5.39 Å². The second-order valence-corrected chi connectivity index (χ2v) is 6.55. The lowest BCUT2D eigenvalue weighted by Crippen LogP contribution is -2.30. The minimum Gasteiger partial charge on any atom is -0.856 e. The van der Waals surface area contributed by atoms with Crippen LogP contribution in [0.25, 0.3) is 16.4 Å². The van der Waals surface area contributed by atoms with Crippen molar-refractivity contribution >= 4 is 39.8 Å². The fourth-order valence-electron chi connectivity index (χ4n) is 2.42. The minimum absolute atomic E-state index is 0.304. The molecule has 7 heteroatoms. The number of rotatable bonds is 3. The van der Waals surface area contributed by atoms with E-state index in [9.17, 15) is 5.11 Å². The summed E-state index contributed by atoms with van der Waals surface area (Å²) < 4.78 is 1.50. The van der Waals surface area contributed by atoms with Crippen LogP contribution in [0.4, 0.5) is 0 Å². The number of benzene rings is 2. The van der Waals surface area contributed by atoms with Crippen LogP contribution in [0.2, 0.25) is 5.02 Å². The third kappa shape index (κ3) is 2.86. The zero-order valence-electron chi connectivity index (χ0n) is 12.4. The second kappa shape index (κ2) is 6.22. The van der Waals surface area contributed by atoms with Crippen LogP contribution in [0.15, 0.2) is 60.0 Å². The van der Waals surface area contributed by atoms with Crippen LogP contribution in [-0.4, -0.2) is 15.1 Å². The second-order valence-electron chi connectivity index (χ2n) is 5.17. The van der Waals surface area contributed by atoms with E-state index in [1.807, 2.05) is 48.5 Å². The predicted octanol–water partition coefficient (Wildman–Crippen LogP) is 2.78. The molecule has 4 aromatic rings. The van der Waals surface area contributed by atoms with E-state index in [1.54, 1.807) is 6.33 Å². The van der Waals surface area contributed by atoms with E-state index in [0.29, 0.717) is 21.4 Å². The van der Waals surface area contributed by atoms with Gasteiger partial charge in [0.1, 0.15) is 0 Å². The van der Waals surface area contributed by atoms with E-state index in [1.165, 1.54) is 16.3 Å². The number of halogens is 1. The summed E-state index contributed by atoms with van der Waals surface area (Å²) in [5.74, 6) is 0.353. The molecule has 2 aromatic heterocycles. The Morgan fingerprint density at radius 1 is 1.08 bits per heavy atom. The van der Waals surface area contributed by atoms with Crippen molar-refractivity contribution < 1.29 is 9.62 Å². The van der Waals surface area contributed by atoms with Crippen LogP contribution in [-0.2, 0) is 5.75 Å². The van der Waals surface area contributed by atoms with Gasteiger partial charge < -0.3 is 5.11 Å². The quantitative estimate of drug-likeness (QED) is 0.321. The summed E-state index contributed by atoms with van der Waals surface area (Å²) >= 11 is 7.28. The monoisotopic (exact) mass is 354 g/mol. The topological polar surface area (TPSA) is 65.8 Å². The average Bonchev–Trinajstić information content (AvgIpc) is 2.61. The molecule has 0 spiro atoms. The molecule has 0 aliphatic carbocycles. The zero-order chi connectivity index (χ0) is 16.5. The van der Waals surface area contributed by atoms with E-state index >= 15 is 0 Å². The molecule has 0 fully saturated rings. The molecule has 118 valence electrons. The van der Waals surface area contributed by atoms with Gasteiger partial charge in [-0.25, -0.2) is 4.98 Å². The number of fused-ring (bicyclic) bond motifs is 3. The van der Waals surface area contributed by atoms with E-state index in [4.69, 9.17) is 11.6 Å². The summed E-state index contributed by atoms with van der Waals surface area (Å²) in [7, 11) is 0. The molecule has 0 aliphatic rings. The van der Waals surface area contributed by atoms with Crippen LogP contribution >= 0.6 is 23.4 Å². The third-order valence-corrected chi connectivity index (χ3v) is 4.73. The van der Waals surface area contributed by atoms with Gasteiger partial charge in [0, 0.05) is 16.7 Å². The van der Waals surface area contributed by atoms with Crippen molar-refractivity contribution in [1.82, 2.24) is 15.1 Å². The van der Waals surface area contributed by atoms with Crippen molar-refractivity contribution in [3.63, 3.8) is 0 Å². The van der Waals surface area contributed by atoms with Gasteiger partial charge in [-0.2, -0.15) is 0 Å². The van der Waals surface area contributed by atoms with Crippen molar-refractivity contribution in [1.29, 1.82) is 0 Å². The molecule has 2 aromatic carbocycles. The molecule has 0 aliphatic heterocycles. The van der Waals surface area contributed by atoms with Crippen molar-refractivity contribution in [2.75, 3.05) is 0 Å². The van der Waals surface area contributed by atoms with Gasteiger partial charge in [0.25, 0.3) is 0 Å². The van der Waals surface area contributed by atoms with Crippen molar-refractivity contribution in [3.05, 3.63) is 65.4 Å². The standard InChI is InChI=1S/C17H11ClN4OS/c18-12-7-5-11(6-8-12)9-24-17-20-16(23)15-13-3-1-2-4-14(13)19-10-22(15)21-17/h1-8,10H,9H2. The number of hydrogen-bond acceptors (Lipinski definition) is 5. The Balaban J connectivity index is 1.70. The SMILES string of the molecule is [O-]c1nc(SCc2ccc(Cl)cc2)n[n+]2cnc3ccccc3c12. The van der Waals surface area contributed by atoms with E-state index in [-0.39, 0.29) is 5.88 Å². The van der Waals surface area contributed by atoms with Gasteiger partial charge in [0.2, 0.25) is 5.16 Å². The molecule has 2 heterocycles. The normalized spacial score (nSPS) is 11.2. The van der Waals surface area contributed by atoms with E-state index in [2.05, 4.69) is 15.1 Å². The van der Waals surface area contributed by atoms with E-state index in [0.717, 1.165) is 16.5 Å². The Bertz CT molecular complexity index is 1040. The molecule has 0 bridgehead atoms. The first-order chi connectivity index (χ1) is 11.7. The number of nitrogens with zero attached hydrogens (tertiary/aromatic N) is 4. The molecule has 0 N–H and O–H groups in total. The molecular weight excluding hydrogens is 344 g/mol. The molecule has 0 saturated carbocycles. The first kappa shape index (κ1) is 15.1. The summed E-state index contributed by atoms with van der Waals surface area (Å²) in [4.78, 5) is 8.44. The molecular formula is C17H11ClN4OS. The van der Waals surface area contributed by atoms with Gasteiger partial charge in [0.15, 0.2) is 11.0 Å². The number of hydrogen-bond donors (Lipinski definition) is 0. The van der Waals surface area contributed by atoms with Crippen LogP contribution in [0.5, 0.6) is 5.88 Å². The van der Waals surface area contributed by atoms with Gasteiger partial charge in [-0.1, -0.05) is 57.2 Å². The van der Waals surface area contributed by atoms with Crippen molar-refractivity contribution in [2.45, 2.75) is 10.9 Å². The van der Waals surface area contributed by atoms with Gasteiger partial charge in [-0.15, -0.1) is 0 Å². The number of thioether (sulfide) groups is 1. The fourth-order valence-corrected chi connectivity index (χ4v) is 3.32. The summed E-state index contributed by atoms with van der Waals surface area (Å²) in [6.07, 6.45) is 1.55. The van der Waals surface area contributed by atoms with Gasteiger partial charge in [-0.3, -0.25) is 0 Å². The molecule has 0 amide bonds. The maximum absolute atomic E-state index is 12.4. The molecule has 0 atom stereocenters. The Hall–Kier alpha value is -2.44. The van der Waals surface area contributed by atoms with Crippen molar-refractivity contribution in [2.24, 2.45) is 0 Å². The summed E-state index contributed by atoms with van der Waals surface area (Å²) in [5, 5.41) is 18.7. The Morgan fingerprint density at radius 3 is 2.71 bits per heavy atom. The van der Waals surface area contributed by atoms with Gasteiger partial charge in [-0.05, 0) is 34.8 Å². The molecule has 0 saturated heterocycles. The van der Waals surface area contributed by atoms with Gasteiger partial charge >= 0.3 is 6.33 Å². The first-order valence-electron chi connectivity index (χ1n) is 7.22. The first-order valence-corrected chi connectivity index (χ1v) is 8.59. The fraction of sp³-hybridized carbons (Fsp3) is 0.0588. The highest BCUT2D eigenvalue weighted by molar-refractivity contribution is 7.98. The molecule has 0 radical (unpaired) electrons. The minimum atomic E-state index is -0.304.